The number of amides is 1. The molecule has 0 spiro atoms. The molecule has 2 N–H and O–H groups in total. The van der Waals surface area contributed by atoms with Gasteiger partial charge in [0.2, 0.25) is 0 Å². The maximum Gasteiger partial charge on any atom is 0.274 e. The van der Waals surface area contributed by atoms with Gasteiger partial charge in [-0.05, 0) is 61.3 Å². The number of likely N-dealkylation sites (tertiary alicyclic amines) is 1. The van der Waals surface area contributed by atoms with Gasteiger partial charge in [0.05, 0.1) is 17.2 Å². The van der Waals surface area contributed by atoms with Gasteiger partial charge in [-0.2, -0.15) is 0 Å². The van der Waals surface area contributed by atoms with Gasteiger partial charge in [0.25, 0.3) is 11.5 Å². The number of benzene rings is 2. The molecule has 0 bridgehead atoms. The minimum Gasteiger partial charge on any atom is -0.381 e. The number of nitrogens with one attached hydrogen (secondary N) is 2. The molecule has 7 rings (SSSR count). The van der Waals surface area contributed by atoms with Crippen molar-refractivity contribution in [2.24, 2.45) is 11.8 Å². The summed E-state index contributed by atoms with van der Waals surface area (Å²) < 4.78 is 7.54. The maximum absolute atomic E-state index is 13.9. The van der Waals surface area contributed by atoms with Gasteiger partial charge in [-0.3, -0.25) is 14.0 Å². The van der Waals surface area contributed by atoms with Crippen molar-refractivity contribution in [3.05, 3.63) is 81.5 Å². The molecule has 3 fully saturated rings. The smallest absolute Gasteiger partial charge is 0.274 e. The van der Waals surface area contributed by atoms with E-state index in [4.69, 9.17) is 4.74 Å². The molecule has 3 unspecified atom stereocenters. The van der Waals surface area contributed by atoms with Crippen LogP contribution in [0.5, 0.6) is 0 Å². The summed E-state index contributed by atoms with van der Waals surface area (Å²) in [5, 5.41) is 3.58. The Balaban J connectivity index is 0.00000277. The number of nitrogens with zero attached hydrogens (tertiary/aromatic N) is 3. The second-order valence-corrected chi connectivity index (χ2v) is 11.2. The number of aromatic amines is 1. The van der Waals surface area contributed by atoms with Crippen LogP contribution in [0.1, 0.15) is 59.9 Å². The Morgan fingerprint density at radius 3 is 2.74 bits per heavy atom. The average Bonchev–Trinajstić information content (AvgIpc) is 3.40. The van der Waals surface area contributed by atoms with Crippen molar-refractivity contribution in [3.8, 4) is 0 Å². The van der Waals surface area contributed by atoms with Gasteiger partial charge in [0.1, 0.15) is 11.3 Å². The molecule has 4 aromatic rings. The summed E-state index contributed by atoms with van der Waals surface area (Å²) in [7, 11) is 0. The first kappa shape index (κ1) is 25.8. The molecular weight excluding hydrogens is 490 g/mol. The van der Waals surface area contributed by atoms with Crippen LogP contribution in [0.25, 0.3) is 16.6 Å². The van der Waals surface area contributed by atoms with E-state index in [1.165, 1.54) is 12.0 Å². The summed E-state index contributed by atoms with van der Waals surface area (Å²) in [6, 6.07) is 14.5. The lowest BCUT2D eigenvalue weighted by Crippen LogP contribution is -2.44. The molecule has 39 heavy (non-hydrogen) atoms. The van der Waals surface area contributed by atoms with Gasteiger partial charge in [-0.15, -0.1) is 0 Å². The number of hydrogen-bond donors (Lipinski definition) is 2. The average molecular weight is 528 g/mol. The van der Waals surface area contributed by atoms with Crippen LogP contribution in [0.2, 0.25) is 0 Å². The number of carbonyl (C=O) groups is 1. The topological polar surface area (TPSA) is 91.7 Å². The molecule has 3 atom stereocenters. The Labute approximate surface area is 228 Å². The minimum absolute atomic E-state index is 0. The molecule has 2 aromatic carbocycles. The number of ether oxygens (including phenoxy) is 1. The molecule has 204 valence electrons. The first-order chi connectivity index (χ1) is 18.6. The van der Waals surface area contributed by atoms with Crippen LogP contribution in [0.3, 0.4) is 0 Å². The highest BCUT2D eigenvalue weighted by molar-refractivity contribution is 5.99. The van der Waals surface area contributed by atoms with E-state index in [0.717, 1.165) is 49.4 Å². The SMILES string of the molecule is C.Cc1cc2c(cc1C(=O)N1CC3CC3C1CNCc1ccccc1)[nH]c(=O)c1cnc(C3CCOCC3)n12. The van der Waals surface area contributed by atoms with Crippen molar-refractivity contribution in [1.29, 1.82) is 0 Å². The van der Waals surface area contributed by atoms with Crippen LogP contribution in [-0.2, 0) is 11.3 Å². The Morgan fingerprint density at radius 2 is 1.95 bits per heavy atom. The van der Waals surface area contributed by atoms with E-state index in [2.05, 4.69) is 44.5 Å². The summed E-state index contributed by atoms with van der Waals surface area (Å²) >= 11 is 0. The second-order valence-electron chi connectivity index (χ2n) is 11.2. The first-order valence-electron chi connectivity index (χ1n) is 13.8. The predicted molar refractivity (Wildman–Crippen MR) is 152 cm³/mol. The third-order valence-electron chi connectivity index (χ3n) is 8.76. The molecule has 3 aliphatic rings. The van der Waals surface area contributed by atoms with Gasteiger partial charge in [0, 0.05) is 50.4 Å². The Morgan fingerprint density at radius 1 is 1.15 bits per heavy atom. The Bertz CT molecular complexity index is 1570. The van der Waals surface area contributed by atoms with Crippen molar-refractivity contribution < 1.29 is 9.53 Å². The van der Waals surface area contributed by atoms with Crippen LogP contribution in [0, 0.1) is 18.8 Å². The van der Waals surface area contributed by atoms with Gasteiger partial charge in [-0.1, -0.05) is 37.8 Å². The van der Waals surface area contributed by atoms with Crippen LogP contribution in [-0.4, -0.2) is 57.5 Å². The van der Waals surface area contributed by atoms with Crippen LogP contribution in [0.4, 0.5) is 0 Å². The summed E-state index contributed by atoms with van der Waals surface area (Å²) in [5.41, 5.74) is 4.74. The van der Waals surface area contributed by atoms with E-state index in [1.807, 2.05) is 29.5 Å². The summed E-state index contributed by atoms with van der Waals surface area (Å²) in [6.45, 7) is 5.80. The van der Waals surface area contributed by atoms with E-state index >= 15 is 0 Å². The molecule has 1 aliphatic carbocycles. The highest BCUT2D eigenvalue weighted by atomic mass is 16.5. The van der Waals surface area contributed by atoms with E-state index < -0.39 is 0 Å². The van der Waals surface area contributed by atoms with Gasteiger partial charge in [-0.25, -0.2) is 4.98 Å². The zero-order valence-electron chi connectivity index (χ0n) is 21.7. The lowest BCUT2D eigenvalue weighted by molar-refractivity contribution is 0.0704. The molecule has 1 amide bonds. The quantitative estimate of drug-likeness (QED) is 0.391. The van der Waals surface area contributed by atoms with Gasteiger partial charge >= 0.3 is 0 Å². The monoisotopic (exact) mass is 527 g/mol. The van der Waals surface area contributed by atoms with E-state index in [0.29, 0.717) is 41.6 Å². The highest BCUT2D eigenvalue weighted by Crippen LogP contribution is 2.49. The fourth-order valence-electron chi connectivity index (χ4n) is 6.60. The molecule has 1 saturated carbocycles. The van der Waals surface area contributed by atoms with Gasteiger partial charge < -0.3 is 19.9 Å². The van der Waals surface area contributed by atoms with Gasteiger partial charge in [0.15, 0.2) is 0 Å². The number of fused-ring (bicyclic) bond motifs is 4. The number of H-pyrrole nitrogens is 1. The molecule has 2 aliphatic heterocycles. The fraction of sp³-hybridized carbons (Fsp3) is 0.452. The summed E-state index contributed by atoms with van der Waals surface area (Å²) in [4.78, 5) is 36.6. The van der Waals surface area contributed by atoms with Crippen molar-refractivity contribution >= 4 is 22.5 Å². The number of hydrogen-bond acceptors (Lipinski definition) is 5. The first-order valence-corrected chi connectivity index (χ1v) is 13.8. The number of carbonyl (C=O) groups excluding carboxylic acids is 1. The normalized spacial score (nSPS) is 22.7. The number of aryl methyl sites for hydroxylation is 1. The van der Waals surface area contributed by atoms with Crippen molar-refractivity contribution in [1.82, 2.24) is 24.6 Å². The second kappa shape index (κ2) is 10.2. The van der Waals surface area contributed by atoms with Crippen molar-refractivity contribution in [2.45, 2.75) is 52.1 Å². The Hall–Kier alpha value is -3.49. The predicted octanol–water partition coefficient (Wildman–Crippen LogP) is 4.26. The van der Waals surface area contributed by atoms with E-state index in [-0.39, 0.29) is 30.9 Å². The van der Waals surface area contributed by atoms with Crippen LogP contribution < -0.4 is 10.9 Å². The standard InChI is InChI=1S/C30H33N5O3.CH4/c1-18-11-25-24(33-29(36)27-16-32-28(35(25)27)20-7-9-38-10-8-20)13-22(18)30(37)34-17-21-12-23(21)26(34)15-31-14-19-5-3-2-4-6-19;/h2-6,11,13,16,20-21,23,26,31H,7-10,12,14-15,17H2,1H3,(H,33,36);1H4. The third-order valence-corrected chi connectivity index (χ3v) is 8.76. The van der Waals surface area contributed by atoms with E-state index in [1.54, 1.807) is 6.20 Å². The van der Waals surface area contributed by atoms with Crippen molar-refractivity contribution in [3.63, 3.8) is 0 Å². The summed E-state index contributed by atoms with van der Waals surface area (Å²) in [5.74, 6) is 2.39. The van der Waals surface area contributed by atoms with Crippen LogP contribution >= 0.6 is 0 Å². The number of aromatic nitrogens is 3. The lowest BCUT2D eigenvalue weighted by atomic mass is 9.99. The fourth-order valence-corrected chi connectivity index (χ4v) is 6.60. The minimum atomic E-state index is -0.184. The molecule has 4 heterocycles. The zero-order chi connectivity index (χ0) is 25.8. The molecular formula is C31H37N5O3. The van der Waals surface area contributed by atoms with Crippen molar-refractivity contribution in [2.75, 3.05) is 26.3 Å². The maximum atomic E-state index is 13.9. The number of rotatable bonds is 6. The third kappa shape index (κ3) is 4.55. The molecule has 2 aromatic heterocycles. The largest absolute Gasteiger partial charge is 0.381 e. The molecule has 8 nitrogen and oxygen atoms in total. The molecule has 0 radical (unpaired) electrons. The number of piperidine rings is 1. The van der Waals surface area contributed by atoms with E-state index in [9.17, 15) is 9.59 Å². The molecule has 2 saturated heterocycles. The van der Waals surface area contributed by atoms with Crippen LogP contribution in [0.15, 0.2) is 53.5 Å². The number of imidazole rings is 1. The molecule has 8 heteroatoms. The zero-order valence-corrected chi connectivity index (χ0v) is 21.7. The summed E-state index contributed by atoms with van der Waals surface area (Å²) in [6.07, 6.45) is 4.65. The Kier molecular flexibility index (Phi) is 6.77. The highest BCUT2D eigenvalue weighted by Gasteiger charge is 2.53. The lowest BCUT2D eigenvalue weighted by Gasteiger charge is -2.29.